The lowest BCUT2D eigenvalue weighted by atomic mass is 10.2. The van der Waals surface area contributed by atoms with Crippen molar-refractivity contribution in [1.82, 2.24) is 0 Å². The zero-order chi connectivity index (χ0) is 12.5. The Balaban J connectivity index is 2.48. The first-order chi connectivity index (χ1) is 8.22. The van der Waals surface area contributed by atoms with Gasteiger partial charge in [-0.2, -0.15) is 4.21 Å². The normalized spacial score (nSPS) is 14.2. The van der Waals surface area contributed by atoms with Gasteiger partial charge in [-0.1, -0.05) is 38.0 Å². The van der Waals surface area contributed by atoms with Gasteiger partial charge in [0.25, 0.3) is 0 Å². The molecule has 0 aliphatic carbocycles. The van der Waals surface area contributed by atoms with Gasteiger partial charge in [0.1, 0.15) is 5.75 Å². The summed E-state index contributed by atoms with van der Waals surface area (Å²) in [5, 5.41) is 0. The monoisotopic (exact) mass is 258 g/mol. The Bertz CT molecular complexity index is 329. The average Bonchev–Trinajstić information content (AvgIpc) is 2.30. The van der Waals surface area contributed by atoms with Crippen LogP contribution in [0.3, 0.4) is 0 Å². The molecule has 1 aromatic carbocycles. The van der Waals surface area contributed by atoms with Gasteiger partial charge < -0.3 is 4.74 Å². The molecule has 0 radical (unpaired) electrons. The smallest absolute Gasteiger partial charge is 0.305 e. The van der Waals surface area contributed by atoms with E-state index in [0.717, 1.165) is 19.3 Å². The zero-order valence-electron chi connectivity index (χ0n) is 9.87. The number of benzene rings is 1. The zero-order valence-corrected chi connectivity index (χ0v) is 10.7. The maximum absolute atomic E-state index is 10.6. The predicted molar refractivity (Wildman–Crippen MR) is 66.9 cm³/mol. The highest BCUT2D eigenvalue weighted by Crippen LogP contribution is 2.16. The lowest BCUT2D eigenvalue weighted by Crippen LogP contribution is -2.21. The highest BCUT2D eigenvalue weighted by molar-refractivity contribution is 7.74. The Morgan fingerprint density at radius 2 is 2.00 bits per heavy atom. The molecule has 2 unspecified atom stereocenters. The molecular weight excluding hydrogens is 240 g/mol. The molecule has 0 saturated heterocycles. The molecular formula is C12H18O4S. The molecule has 0 saturated carbocycles. The van der Waals surface area contributed by atoms with E-state index in [1.54, 1.807) is 12.1 Å². The number of hydrogen-bond acceptors (Lipinski definition) is 3. The van der Waals surface area contributed by atoms with Gasteiger partial charge >= 0.3 is 11.4 Å². The highest BCUT2D eigenvalue weighted by atomic mass is 32.2. The van der Waals surface area contributed by atoms with Crippen molar-refractivity contribution in [2.75, 3.05) is 0 Å². The quantitative estimate of drug-likeness (QED) is 0.442. The van der Waals surface area contributed by atoms with Crippen LogP contribution in [-0.4, -0.2) is 15.1 Å². The van der Waals surface area contributed by atoms with Gasteiger partial charge in [0.05, 0.1) is 0 Å². The molecule has 5 heteroatoms. The fraction of sp³-hybridized carbons (Fsp3) is 0.500. The predicted octanol–water partition coefficient (Wildman–Crippen LogP) is 3.13. The first kappa shape index (κ1) is 14.2. The molecule has 0 fully saturated rings. The van der Waals surface area contributed by atoms with Gasteiger partial charge in [-0.15, -0.1) is 0 Å². The van der Waals surface area contributed by atoms with Crippen molar-refractivity contribution in [3.8, 4) is 5.75 Å². The van der Waals surface area contributed by atoms with Gasteiger partial charge in [-0.05, 0) is 18.6 Å². The highest BCUT2D eigenvalue weighted by Gasteiger charge is 2.13. The van der Waals surface area contributed by atoms with Gasteiger partial charge in [0.15, 0.2) is 0 Å². The molecule has 0 spiro atoms. The topological polar surface area (TPSA) is 55.8 Å². The second-order valence-corrected chi connectivity index (χ2v) is 4.30. The molecule has 0 aliphatic heterocycles. The average molecular weight is 258 g/mol. The van der Waals surface area contributed by atoms with Crippen LogP contribution in [0, 0.1) is 0 Å². The van der Waals surface area contributed by atoms with E-state index in [1.807, 2.05) is 18.2 Å². The molecule has 0 amide bonds. The van der Waals surface area contributed by atoms with Crippen molar-refractivity contribution in [1.29, 1.82) is 0 Å². The van der Waals surface area contributed by atoms with Crippen LogP contribution in [-0.2, 0) is 15.5 Å². The lowest BCUT2D eigenvalue weighted by Gasteiger charge is -2.16. The van der Waals surface area contributed by atoms with Crippen LogP contribution in [0.4, 0.5) is 0 Å². The summed E-state index contributed by atoms with van der Waals surface area (Å²) in [4.78, 5) is 0. The van der Waals surface area contributed by atoms with E-state index in [2.05, 4.69) is 6.92 Å². The van der Waals surface area contributed by atoms with E-state index in [0.29, 0.717) is 12.2 Å². The number of para-hydroxylation sites is 1. The van der Waals surface area contributed by atoms with Crippen LogP contribution in [0.5, 0.6) is 5.75 Å². The third-order valence-electron chi connectivity index (χ3n) is 2.24. The Labute approximate surface area is 104 Å². The van der Waals surface area contributed by atoms with E-state index in [1.165, 1.54) is 0 Å². The summed E-state index contributed by atoms with van der Waals surface area (Å²) in [5.41, 5.74) is 0. The Kier molecular flexibility index (Phi) is 6.84. The summed E-state index contributed by atoms with van der Waals surface area (Å²) in [7, 11) is 0. The molecule has 0 bridgehead atoms. The van der Waals surface area contributed by atoms with E-state index in [-0.39, 0.29) is 0 Å². The van der Waals surface area contributed by atoms with Crippen LogP contribution in [0.15, 0.2) is 30.3 Å². The third kappa shape index (κ3) is 6.41. The fourth-order valence-corrected chi connectivity index (χ4v) is 1.75. The van der Waals surface area contributed by atoms with Gasteiger partial charge in [0, 0.05) is 6.42 Å². The summed E-state index contributed by atoms with van der Waals surface area (Å²) >= 11 is -2.30. The Morgan fingerprint density at radius 1 is 1.29 bits per heavy atom. The van der Waals surface area contributed by atoms with Crippen LogP contribution in [0.2, 0.25) is 0 Å². The summed E-state index contributed by atoms with van der Waals surface area (Å²) < 4.78 is 29.7. The van der Waals surface area contributed by atoms with Crippen molar-refractivity contribution >= 4 is 11.4 Å². The largest absolute Gasteiger partial charge is 0.464 e. The summed E-state index contributed by atoms with van der Waals surface area (Å²) in [5.74, 6) is 0.638. The second-order valence-electron chi connectivity index (χ2n) is 3.67. The summed E-state index contributed by atoms with van der Waals surface area (Å²) in [6.07, 6.45) is 2.98. The van der Waals surface area contributed by atoms with Crippen molar-refractivity contribution in [2.45, 2.75) is 38.9 Å². The molecule has 0 heterocycles. The Hall–Kier alpha value is -0.910. The number of unbranched alkanes of at least 4 members (excludes halogenated alkanes) is 2. The van der Waals surface area contributed by atoms with E-state index in [4.69, 9.17) is 13.5 Å². The minimum atomic E-state index is -2.30. The first-order valence-corrected chi connectivity index (χ1v) is 6.75. The second kappa shape index (κ2) is 8.22. The van der Waals surface area contributed by atoms with Crippen LogP contribution < -0.4 is 4.74 Å². The molecule has 1 rings (SSSR count). The van der Waals surface area contributed by atoms with E-state index < -0.39 is 17.7 Å². The molecule has 1 N–H and O–H groups in total. The van der Waals surface area contributed by atoms with Crippen LogP contribution in [0.25, 0.3) is 0 Å². The molecule has 0 aromatic heterocycles. The molecule has 1 aromatic rings. The number of hydrogen-bond donors (Lipinski definition) is 1. The number of rotatable bonds is 8. The van der Waals surface area contributed by atoms with E-state index in [9.17, 15) is 4.21 Å². The SMILES string of the molecule is CCCCCC(Oc1ccccc1)OS(=O)O. The molecule has 0 aliphatic rings. The van der Waals surface area contributed by atoms with Gasteiger partial charge in [0.2, 0.25) is 6.29 Å². The number of ether oxygens (including phenoxy) is 1. The van der Waals surface area contributed by atoms with Crippen molar-refractivity contribution in [3.63, 3.8) is 0 Å². The van der Waals surface area contributed by atoms with E-state index >= 15 is 0 Å². The van der Waals surface area contributed by atoms with Crippen molar-refractivity contribution in [2.24, 2.45) is 0 Å². The first-order valence-electron chi connectivity index (χ1n) is 5.72. The standard InChI is InChI=1S/C12H18O4S/c1-2-3-5-10-12(16-17(13)14)15-11-8-6-4-7-9-11/h4,6-9,12H,2-3,5,10H2,1H3,(H,13,14). The maximum Gasteiger partial charge on any atom is 0.305 e. The fourth-order valence-electron chi connectivity index (χ4n) is 1.43. The molecule has 17 heavy (non-hydrogen) atoms. The molecule has 96 valence electrons. The maximum atomic E-state index is 10.6. The summed E-state index contributed by atoms with van der Waals surface area (Å²) in [6.45, 7) is 2.10. The minimum Gasteiger partial charge on any atom is -0.464 e. The lowest BCUT2D eigenvalue weighted by molar-refractivity contribution is 0.00191. The van der Waals surface area contributed by atoms with Gasteiger partial charge in [-0.25, -0.2) is 4.18 Å². The Morgan fingerprint density at radius 3 is 2.59 bits per heavy atom. The third-order valence-corrected chi connectivity index (χ3v) is 2.62. The molecule has 4 nitrogen and oxygen atoms in total. The summed E-state index contributed by atoms with van der Waals surface area (Å²) in [6, 6.07) is 9.14. The van der Waals surface area contributed by atoms with Crippen LogP contribution in [0.1, 0.15) is 32.6 Å². The van der Waals surface area contributed by atoms with Crippen molar-refractivity contribution < 1.29 is 17.7 Å². The van der Waals surface area contributed by atoms with Crippen molar-refractivity contribution in [3.05, 3.63) is 30.3 Å². The van der Waals surface area contributed by atoms with Gasteiger partial charge in [-0.3, -0.25) is 4.55 Å². The minimum absolute atomic E-state index is 0.606. The van der Waals surface area contributed by atoms with Crippen LogP contribution >= 0.6 is 0 Å². The molecule has 2 atom stereocenters.